The Morgan fingerprint density at radius 1 is 1.38 bits per heavy atom. The largest absolute Gasteiger partial charge is 0.338 e. The van der Waals surface area contributed by atoms with Crippen LogP contribution in [0.1, 0.15) is 36.8 Å². The van der Waals surface area contributed by atoms with Gasteiger partial charge in [0.05, 0.1) is 6.26 Å². The van der Waals surface area contributed by atoms with Gasteiger partial charge in [-0.15, -0.1) is 0 Å². The van der Waals surface area contributed by atoms with Crippen LogP contribution in [0.25, 0.3) is 0 Å². The molecule has 0 aliphatic carbocycles. The van der Waals surface area contributed by atoms with Gasteiger partial charge in [0.15, 0.2) is 0 Å². The van der Waals surface area contributed by atoms with Crippen LogP contribution in [-0.4, -0.2) is 44.6 Å². The van der Waals surface area contributed by atoms with E-state index >= 15 is 0 Å². The van der Waals surface area contributed by atoms with Crippen LogP contribution in [0.3, 0.4) is 0 Å². The van der Waals surface area contributed by atoms with Crippen molar-refractivity contribution >= 4 is 27.5 Å². The molecule has 1 saturated heterocycles. The maximum atomic E-state index is 12.6. The highest BCUT2D eigenvalue weighted by molar-refractivity contribution is 7.88. The van der Waals surface area contributed by atoms with Gasteiger partial charge < -0.3 is 4.90 Å². The number of carbonyl (C=O) groups is 1. The molecule has 1 aliphatic rings. The van der Waals surface area contributed by atoms with Gasteiger partial charge in [0.2, 0.25) is 15.9 Å². The molecule has 1 unspecified atom stereocenters. The van der Waals surface area contributed by atoms with E-state index in [0.29, 0.717) is 31.0 Å². The lowest BCUT2D eigenvalue weighted by molar-refractivity contribution is -0.134. The number of piperidine rings is 1. The van der Waals surface area contributed by atoms with Gasteiger partial charge in [0.25, 0.3) is 0 Å². The number of nitrogens with one attached hydrogen (secondary N) is 1. The Kier molecular flexibility index (Phi) is 6.66. The standard InChI is InChI=1S/C17H25ClN2O3S/c1-13-6-7-14(11-16(13)18)8-9-17(21)20-10-4-3-5-15(20)12-19-24(2,22)23/h6-7,11,15,19H,3-5,8-10,12H2,1-2H3. The first-order valence-corrected chi connectivity index (χ1v) is 10.5. The van der Waals surface area contributed by atoms with E-state index in [1.54, 1.807) is 0 Å². The van der Waals surface area contributed by atoms with Gasteiger partial charge >= 0.3 is 0 Å². The quantitative estimate of drug-likeness (QED) is 0.834. The topological polar surface area (TPSA) is 66.5 Å². The number of hydrogen-bond acceptors (Lipinski definition) is 3. The number of nitrogens with zero attached hydrogens (tertiary/aromatic N) is 1. The Morgan fingerprint density at radius 3 is 2.79 bits per heavy atom. The molecule has 1 heterocycles. The van der Waals surface area contributed by atoms with E-state index in [2.05, 4.69) is 4.72 Å². The molecule has 1 atom stereocenters. The minimum atomic E-state index is -3.24. The van der Waals surface area contributed by atoms with Gasteiger partial charge in [-0.1, -0.05) is 23.7 Å². The van der Waals surface area contributed by atoms with Crippen molar-refractivity contribution in [3.8, 4) is 0 Å². The molecule has 0 saturated carbocycles. The van der Waals surface area contributed by atoms with Crippen LogP contribution in [0.2, 0.25) is 5.02 Å². The third kappa shape index (κ3) is 5.76. The molecule has 1 aromatic rings. The summed E-state index contributed by atoms with van der Waals surface area (Å²) in [5.74, 6) is 0.0756. The first-order chi connectivity index (χ1) is 11.3. The average molecular weight is 373 g/mol. The zero-order chi connectivity index (χ0) is 17.7. The third-order valence-corrected chi connectivity index (χ3v) is 5.49. The van der Waals surface area contributed by atoms with Crippen LogP contribution < -0.4 is 4.72 Å². The highest BCUT2D eigenvalue weighted by atomic mass is 35.5. The Labute approximate surface area is 149 Å². The van der Waals surface area contributed by atoms with Crippen molar-refractivity contribution in [3.63, 3.8) is 0 Å². The molecule has 7 heteroatoms. The molecule has 1 fully saturated rings. The second-order valence-corrected chi connectivity index (χ2v) is 8.68. The van der Waals surface area contributed by atoms with E-state index in [1.165, 1.54) is 0 Å². The summed E-state index contributed by atoms with van der Waals surface area (Å²) < 4.78 is 25.1. The van der Waals surface area contributed by atoms with Crippen molar-refractivity contribution in [3.05, 3.63) is 34.3 Å². The number of hydrogen-bond donors (Lipinski definition) is 1. The number of likely N-dealkylation sites (tertiary alicyclic amines) is 1. The highest BCUT2D eigenvalue weighted by Crippen LogP contribution is 2.20. The van der Waals surface area contributed by atoms with Crippen molar-refractivity contribution in [2.75, 3.05) is 19.3 Å². The van der Waals surface area contributed by atoms with E-state index in [1.807, 2.05) is 30.0 Å². The summed E-state index contributed by atoms with van der Waals surface area (Å²) in [5.41, 5.74) is 2.07. The maximum absolute atomic E-state index is 12.6. The summed E-state index contributed by atoms with van der Waals surface area (Å²) in [5, 5.41) is 0.716. The van der Waals surface area contributed by atoms with Crippen LogP contribution in [0.5, 0.6) is 0 Å². The summed E-state index contributed by atoms with van der Waals surface area (Å²) in [7, 11) is -3.24. The minimum Gasteiger partial charge on any atom is -0.338 e. The van der Waals surface area contributed by atoms with E-state index < -0.39 is 10.0 Å². The normalized spacial score (nSPS) is 18.6. The lowest BCUT2D eigenvalue weighted by atomic mass is 10.0. The molecule has 1 amide bonds. The first-order valence-electron chi connectivity index (χ1n) is 8.25. The average Bonchev–Trinajstić information content (AvgIpc) is 2.53. The number of amides is 1. The van der Waals surface area contributed by atoms with Gasteiger partial charge in [-0.3, -0.25) is 4.79 Å². The number of halogens is 1. The summed E-state index contributed by atoms with van der Waals surface area (Å²) >= 11 is 6.12. The van der Waals surface area contributed by atoms with Crippen molar-refractivity contribution in [2.24, 2.45) is 0 Å². The fraction of sp³-hybridized carbons (Fsp3) is 0.588. The fourth-order valence-corrected chi connectivity index (χ4v) is 3.67. The number of aryl methyl sites for hydroxylation is 2. The SMILES string of the molecule is Cc1ccc(CCC(=O)N2CCCCC2CNS(C)(=O)=O)cc1Cl. The van der Waals surface area contributed by atoms with Crippen molar-refractivity contribution in [2.45, 2.75) is 45.1 Å². The maximum Gasteiger partial charge on any atom is 0.223 e. The summed E-state index contributed by atoms with van der Waals surface area (Å²) in [6.45, 7) is 2.94. The molecule has 1 aromatic carbocycles. The molecule has 1 aliphatic heterocycles. The Bertz CT molecular complexity index is 691. The predicted molar refractivity (Wildman–Crippen MR) is 96.7 cm³/mol. The Hall–Kier alpha value is -1.11. The molecule has 24 heavy (non-hydrogen) atoms. The zero-order valence-corrected chi connectivity index (χ0v) is 15.8. The molecule has 2 rings (SSSR count). The fourth-order valence-electron chi connectivity index (χ4n) is 2.98. The van der Waals surface area contributed by atoms with Crippen molar-refractivity contribution in [1.29, 1.82) is 0 Å². The molecule has 0 spiro atoms. The van der Waals surface area contributed by atoms with E-state index in [4.69, 9.17) is 11.6 Å². The monoisotopic (exact) mass is 372 g/mol. The number of sulfonamides is 1. The Balaban J connectivity index is 1.94. The van der Waals surface area contributed by atoms with Crippen LogP contribution in [0.4, 0.5) is 0 Å². The van der Waals surface area contributed by atoms with E-state index in [9.17, 15) is 13.2 Å². The number of rotatable bonds is 6. The molecule has 0 aromatic heterocycles. The number of carbonyl (C=O) groups excluding carboxylic acids is 1. The van der Waals surface area contributed by atoms with Gasteiger partial charge in [-0.25, -0.2) is 13.1 Å². The summed E-state index contributed by atoms with van der Waals surface area (Å²) in [4.78, 5) is 14.4. The van der Waals surface area contributed by atoms with E-state index in [0.717, 1.165) is 36.6 Å². The third-order valence-electron chi connectivity index (χ3n) is 4.39. The van der Waals surface area contributed by atoms with Crippen molar-refractivity contribution < 1.29 is 13.2 Å². The second kappa shape index (κ2) is 8.32. The summed E-state index contributed by atoms with van der Waals surface area (Å²) in [6.07, 6.45) is 5.02. The molecule has 0 bridgehead atoms. The van der Waals surface area contributed by atoms with E-state index in [-0.39, 0.29) is 11.9 Å². The van der Waals surface area contributed by atoms with Crippen LogP contribution in [-0.2, 0) is 21.2 Å². The smallest absolute Gasteiger partial charge is 0.223 e. The molecule has 0 radical (unpaired) electrons. The Morgan fingerprint density at radius 2 is 2.12 bits per heavy atom. The first kappa shape index (κ1) is 19.2. The highest BCUT2D eigenvalue weighted by Gasteiger charge is 2.26. The molecule has 134 valence electrons. The van der Waals surface area contributed by atoms with Gasteiger partial charge in [-0.2, -0.15) is 0 Å². The lowest BCUT2D eigenvalue weighted by Gasteiger charge is -2.36. The lowest BCUT2D eigenvalue weighted by Crippen LogP contribution is -2.49. The van der Waals surface area contributed by atoms with Gasteiger partial charge in [0.1, 0.15) is 0 Å². The second-order valence-electron chi connectivity index (χ2n) is 6.44. The van der Waals surface area contributed by atoms with Crippen LogP contribution >= 0.6 is 11.6 Å². The van der Waals surface area contributed by atoms with Crippen molar-refractivity contribution in [1.82, 2.24) is 9.62 Å². The number of benzene rings is 1. The van der Waals surface area contributed by atoms with Crippen LogP contribution in [0, 0.1) is 6.92 Å². The summed E-state index contributed by atoms with van der Waals surface area (Å²) in [6, 6.07) is 5.81. The molecular formula is C17H25ClN2O3S. The van der Waals surface area contributed by atoms with Gasteiger partial charge in [0, 0.05) is 30.6 Å². The minimum absolute atomic E-state index is 0.0532. The zero-order valence-electron chi connectivity index (χ0n) is 14.2. The molecular weight excluding hydrogens is 348 g/mol. The molecule has 1 N–H and O–H groups in total. The predicted octanol–water partition coefficient (Wildman–Crippen LogP) is 2.51. The molecule has 5 nitrogen and oxygen atoms in total. The van der Waals surface area contributed by atoms with Gasteiger partial charge in [-0.05, 0) is 49.8 Å². The van der Waals surface area contributed by atoms with Crippen LogP contribution in [0.15, 0.2) is 18.2 Å².